The van der Waals surface area contributed by atoms with Crippen molar-refractivity contribution in [2.24, 2.45) is 0 Å². The molecule has 5 nitrogen and oxygen atoms in total. The van der Waals surface area contributed by atoms with Crippen LogP contribution in [-0.4, -0.2) is 28.8 Å². The van der Waals surface area contributed by atoms with Crippen LogP contribution in [0.1, 0.15) is 29.6 Å². The van der Waals surface area contributed by atoms with Gasteiger partial charge in [0.05, 0.1) is 12.2 Å². The summed E-state index contributed by atoms with van der Waals surface area (Å²) in [5, 5.41) is 17.4. The number of hydrogen-bond donors (Lipinski definition) is 2. The van der Waals surface area contributed by atoms with Crippen molar-refractivity contribution in [3.8, 4) is 5.75 Å². The molecule has 1 aromatic carbocycles. The molecule has 0 amide bonds. The van der Waals surface area contributed by atoms with Crippen LogP contribution < -0.4 is 0 Å². The smallest absolute Gasteiger partial charge is 0.338 e. The first kappa shape index (κ1) is 13.0. The number of benzene rings is 1. The highest BCUT2D eigenvalue weighted by Gasteiger charge is 2.06. The van der Waals surface area contributed by atoms with E-state index in [1.165, 1.54) is 24.3 Å². The number of ether oxygens (including phenoxy) is 1. The van der Waals surface area contributed by atoms with Crippen LogP contribution >= 0.6 is 0 Å². The molecule has 17 heavy (non-hydrogen) atoms. The van der Waals surface area contributed by atoms with Crippen LogP contribution in [0, 0.1) is 0 Å². The van der Waals surface area contributed by atoms with E-state index in [9.17, 15) is 9.59 Å². The van der Waals surface area contributed by atoms with Crippen LogP contribution in [0.5, 0.6) is 5.75 Å². The van der Waals surface area contributed by atoms with Crippen LogP contribution in [0.25, 0.3) is 0 Å². The Balaban J connectivity index is 2.25. The van der Waals surface area contributed by atoms with Gasteiger partial charge in [-0.15, -0.1) is 0 Å². The fourth-order valence-electron chi connectivity index (χ4n) is 1.22. The molecule has 0 heterocycles. The number of carboxylic acids is 1. The maximum atomic E-state index is 11.4. The highest BCUT2D eigenvalue weighted by Crippen LogP contribution is 2.10. The number of phenolic OH excluding ortho intramolecular Hbond substituents is 1. The van der Waals surface area contributed by atoms with Crippen molar-refractivity contribution < 1.29 is 24.5 Å². The van der Waals surface area contributed by atoms with Gasteiger partial charge in [-0.1, -0.05) is 0 Å². The normalized spacial score (nSPS) is 9.88. The van der Waals surface area contributed by atoms with Gasteiger partial charge in [0.2, 0.25) is 0 Å². The van der Waals surface area contributed by atoms with Crippen molar-refractivity contribution in [2.75, 3.05) is 6.61 Å². The SMILES string of the molecule is O=C(O)CCCCOC(=O)c1ccc(O)cc1. The lowest BCUT2D eigenvalue weighted by molar-refractivity contribution is -0.137. The van der Waals surface area contributed by atoms with Gasteiger partial charge in [0, 0.05) is 6.42 Å². The molecule has 0 bridgehead atoms. The van der Waals surface area contributed by atoms with Crippen LogP contribution in [0.4, 0.5) is 0 Å². The largest absolute Gasteiger partial charge is 0.508 e. The molecule has 0 spiro atoms. The van der Waals surface area contributed by atoms with Crippen molar-refractivity contribution in [2.45, 2.75) is 19.3 Å². The summed E-state index contributed by atoms with van der Waals surface area (Å²) in [7, 11) is 0. The summed E-state index contributed by atoms with van der Waals surface area (Å²) in [6, 6.07) is 5.74. The minimum absolute atomic E-state index is 0.0801. The minimum atomic E-state index is -0.852. The third kappa shape index (κ3) is 5.01. The van der Waals surface area contributed by atoms with E-state index < -0.39 is 11.9 Å². The summed E-state index contributed by atoms with van der Waals surface area (Å²) in [6.45, 7) is 0.201. The van der Waals surface area contributed by atoms with Gasteiger partial charge in [-0.2, -0.15) is 0 Å². The molecule has 0 aliphatic carbocycles. The van der Waals surface area contributed by atoms with E-state index >= 15 is 0 Å². The first-order valence-electron chi connectivity index (χ1n) is 5.27. The fraction of sp³-hybridized carbons (Fsp3) is 0.333. The van der Waals surface area contributed by atoms with Crippen molar-refractivity contribution in [3.05, 3.63) is 29.8 Å². The quantitative estimate of drug-likeness (QED) is 0.583. The van der Waals surface area contributed by atoms with Crippen LogP contribution in [0.2, 0.25) is 0 Å². The number of aliphatic carboxylic acids is 1. The summed E-state index contributed by atoms with van der Waals surface area (Å²) in [5.41, 5.74) is 0.362. The van der Waals surface area contributed by atoms with Crippen molar-refractivity contribution >= 4 is 11.9 Å². The Bertz CT molecular complexity index is 382. The number of hydrogen-bond acceptors (Lipinski definition) is 4. The average molecular weight is 238 g/mol. The lowest BCUT2D eigenvalue weighted by Crippen LogP contribution is -2.06. The first-order chi connectivity index (χ1) is 8.09. The zero-order valence-corrected chi connectivity index (χ0v) is 9.26. The maximum absolute atomic E-state index is 11.4. The molecular formula is C12H14O5. The van der Waals surface area contributed by atoms with Gasteiger partial charge >= 0.3 is 11.9 Å². The lowest BCUT2D eigenvalue weighted by Gasteiger charge is -2.04. The summed E-state index contributed by atoms with van der Waals surface area (Å²) in [4.78, 5) is 21.7. The van der Waals surface area contributed by atoms with Gasteiger partial charge in [0.15, 0.2) is 0 Å². The molecule has 0 aromatic heterocycles. The Morgan fingerprint density at radius 1 is 1.12 bits per heavy atom. The topological polar surface area (TPSA) is 83.8 Å². The third-order valence-electron chi connectivity index (χ3n) is 2.12. The zero-order chi connectivity index (χ0) is 12.7. The number of carbonyl (C=O) groups is 2. The third-order valence-corrected chi connectivity index (χ3v) is 2.12. The highest BCUT2D eigenvalue weighted by molar-refractivity contribution is 5.89. The Morgan fingerprint density at radius 2 is 1.76 bits per heavy atom. The Morgan fingerprint density at radius 3 is 2.35 bits per heavy atom. The molecule has 0 radical (unpaired) electrons. The molecule has 0 aliphatic heterocycles. The van der Waals surface area contributed by atoms with Crippen molar-refractivity contribution in [1.29, 1.82) is 0 Å². The number of aromatic hydroxyl groups is 1. The second-order valence-corrected chi connectivity index (χ2v) is 3.53. The molecule has 92 valence electrons. The van der Waals surface area contributed by atoms with E-state index in [2.05, 4.69) is 0 Å². The second-order valence-electron chi connectivity index (χ2n) is 3.53. The molecule has 2 N–H and O–H groups in total. The van der Waals surface area contributed by atoms with Crippen molar-refractivity contribution in [3.63, 3.8) is 0 Å². The van der Waals surface area contributed by atoms with Crippen LogP contribution in [0.3, 0.4) is 0 Å². The van der Waals surface area contributed by atoms with E-state index in [4.69, 9.17) is 14.9 Å². The van der Waals surface area contributed by atoms with Crippen molar-refractivity contribution in [1.82, 2.24) is 0 Å². The molecule has 0 unspecified atom stereocenters. The van der Waals surface area contributed by atoms with E-state index in [0.29, 0.717) is 18.4 Å². The van der Waals surface area contributed by atoms with Gasteiger partial charge in [-0.3, -0.25) is 4.79 Å². The van der Waals surface area contributed by atoms with Gasteiger partial charge in [-0.05, 0) is 37.1 Å². The molecule has 0 saturated heterocycles. The summed E-state index contributed by atoms with van der Waals surface area (Å²) in [6.07, 6.45) is 1.09. The molecule has 1 rings (SSSR count). The van der Waals surface area contributed by atoms with Gasteiger partial charge in [0.1, 0.15) is 5.75 Å². The number of rotatable bonds is 6. The predicted octanol–water partition coefficient (Wildman–Crippen LogP) is 1.80. The average Bonchev–Trinajstić information content (AvgIpc) is 2.29. The predicted molar refractivity (Wildman–Crippen MR) is 59.9 cm³/mol. The maximum Gasteiger partial charge on any atom is 0.338 e. The monoisotopic (exact) mass is 238 g/mol. The minimum Gasteiger partial charge on any atom is -0.508 e. The Kier molecular flexibility index (Phi) is 5.00. The summed E-state index contributed by atoms with van der Waals surface area (Å²) < 4.78 is 4.94. The lowest BCUT2D eigenvalue weighted by atomic mass is 10.2. The fourth-order valence-corrected chi connectivity index (χ4v) is 1.22. The van der Waals surface area contributed by atoms with Gasteiger partial charge < -0.3 is 14.9 Å². The number of carboxylic acid groups (broad SMARTS) is 1. The van der Waals surface area contributed by atoms with Gasteiger partial charge in [-0.25, -0.2) is 4.79 Å². The molecule has 0 atom stereocenters. The van der Waals surface area contributed by atoms with E-state index in [1.54, 1.807) is 0 Å². The molecule has 1 aromatic rings. The van der Waals surface area contributed by atoms with E-state index in [0.717, 1.165) is 0 Å². The van der Waals surface area contributed by atoms with Gasteiger partial charge in [0.25, 0.3) is 0 Å². The summed E-state index contributed by atoms with van der Waals surface area (Å²) >= 11 is 0. The highest BCUT2D eigenvalue weighted by atomic mass is 16.5. The molecule has 5 heteroatoms. The molecule has 0 aliphatic rings. The molecule has 0 saturated carbocycles. The standard InChI is InChI=1S/C12H14O5/c13-10-6-4-9(5-7-10)12(16)17-8-2-1-3-11(14)15/h4-7,13H,1-3,8H2,(H,14,15). The van der Waals surface area contributed by atoms with E-state index in [-0.39, 0.29) is 18.8 Å². The first-order valence-corrected chi connectivity index (χ1v) is 5.27. The van der Waals surface area contributed by atoms with E-state index in [1.807, 2.05) is 0 Å². The number of carbonyl (C=O) groups excluding carboxylic acids is 1. The molecular weight excluding hydrogens is 224 g/mol. The Hall–Kier alpha value is -2.04. The number of unbranched alkanes of at least 4 members (excludes halogenated alkanes) is 1. The second kappa shape index (κ2) is 6.52. The zero-order valence-electron chi connectivity index (χ0n) is 9.26. The Labute approximate surface area is 98.6 Å². The van der Waals surface area contributed by atoms with Crippen LogP contribution in [0.15, 0.2) is 24.3 Å². The number of phenols is 1. The van der Waals surface area contributed by atoms with Crippen LogP contribution in [-0.2, 0) is 9.53 Å². The molecule has 0 fully saturated rings. The summed E-state index contributed by atoms with van der Waals surface area (Å²) in [5.74, 6) is -1.24. The number of esters is 1.